The van der Waals surface area contributed by atoms with Crippen molar-refractivity contribution in [2.45, 2.75) is 0 Å². The molecule has 0 aliphatic heterocycles. The standard InChI is InChI=1S/C46H29N3S/c1-3-7-34-23-36(11-9-30(34)5-1)32-13-17-39(18-14-32)49(40-19-15-33(16-20-40)37-12-10-31-6-2-4-8-35(31)24-37)41-21-22-42-43-27-44-38(28-47-29-48-44)25-45(43)50-46(42)26-41/h1-29H. The van der Waals surface area contributed by atoms with Crippen LogP contribution < -0.4 is 4.90 Å². The van der Waals surface area contributed by atoms with Crippen molar-refractivity contribution in [3.63, 3.8) is 0 Å². The van der Waals surface area contributed by atoms with E-state index in [-0.39, 0.29) is 0 Å². The number of hydrogen-bond donors (Lipinski definition) is 0. The zero-order valence-electron chi connectivity index (χ0n) is 27.0. The molecule has 10 aromatic rings. The highest BCUT2D eigenvalue weighted by atomic mass is 32.1. The van der Waals surface area contributed by atoms with Crippen LogP contribution in [0.3, 0.4) is 0 Å². The molecule has 0 radical (unpaired) electrons. The Morgan fingerprint density at radius 1 is 0.400 bits per heavy atom. The van der Waals surface area contributed by atoms with Crippen LogP contribution in [-0.2, 0) is 0 Å². The van der Waals surface area contributed by atoms with E-state index < -0.39 is 0 Å². The van der Waals surface area contributed by atoms with Gasteiger partial charge in [0.05, 0.1) is 5.52 Å². The SMILES string of the molecule is c1ccc2cc(-c3ccc(N(c4ccc(-c5ccc6ccccc6c5)cc4)c4ccc5c(c4)sc4cc6cncnc6cc45)cc3)ccc2c1. The second-order valence-corrected chi connectivity index (χ2v) is 13.8. The van der Waals surface area contributed by atoms with Crippen LogP contribution in [0.4, 0.5) is 17.1 Å². The predicted molar refractivity (Wildman–Crippen MR) is 213 cm³/mol. The van der Waals surface area contributed by atoms with Gasteiger partial charge in [-0.15, -0.1) is 11.3 Å². The number of rotatable bonds is 5. The molecule has 3 nitrogen and oxygen atoms in total. The quantitative estimate of drug-likeness (QED) is 0.185. The number of thiophene rings is 1. The van der Waals surface area contributed by atoms with Crippen molar-refractivity contribution in [1.29, 1.82) is 0 Å². The van der Waals surface area contributed by atoms with Gasteiger partial charge in [0.15, 0.2) is 0 Å². The van der Waals surface area contributed by atoms with Gasteiger partial charge in [-0.05, 0) is 104 Å². The Kier molecular flexibility index (Phi) is 6.68. The van der Waals surface area contributed by atoms with E-state index in [1.807, 2.05) is 17.5 Å². The number of aromatic nitrogens is 2. The molecular formula is C46H29N3S. The molecule has 8 aromatic carbocycles. The van der Waals surface area contributed by atoms with E-state index in [4.69, 9.17) is 0 Å². The summed E-state index contributed by atoms with van der Waals surface area (Å²) >= 11 is 1.82. The number of anilines is 3. The molecule has 234 valence electrons. The summed E-state index contributed by atoms with van der Waals surface area (Å²) in [6.07, 6.45) is 3.51. The van der Waals surface area contributed by atoms with Gasteiger partial charge >= 0.3 is 0 Å². The maximum Gasteiger partial charge on any atom is 0.116 e. The monoisotopic (exact) mass is 655 g/mol. The molecule has 0 amide bonds. The Morgan fingerprint density at radius 2 is 0.940 bits per heavy atom. The van der Waals surface area contributed by atoms with Crippen LogP contribution in [0, 0.1) is 0 Å². The van der Waals surface area contributed by atoms with Crippen LogP contribution in [0.15, 0.2) is 176 Å². The summed E-state index contributed by atoms with van der Waals surface area (Å²) in [5, 5.41) is 8.54. The predicted octanol–water partition coefficient (Wildman–Crippen LogP) is 13.1. The first-order valence-electron chi connectivity index (χ1n) is 16.8. The summed E-state index contributed by atoms with van der Waals surface area (Å²) in [7, 11) is 0. The molecule has 0 atom stereocenters. The minimum absolute atomic E-state index is 0.968. The van der Waals surface area contributed by atoms with Gasteiger partial charge in [-0.3, -0.25) is 0 Å². The lowest BCUT2D eigenvalue weighted by Crippen LogP contribution is -2.09. The van der Waals surface area contributed by atoms with E-state index in [9.17, 15) is 0 Å². The summed E-state index contributed by atoms with van der Waals surface area (Å²) < 4.78 is 2.48. The molecule has 50 heavy (non-hydrogen) atoms. The Morgan fingerprint density at radius 3 is 1.56 bits per heavy atom. The van der Waals surface area contributed by atoms with Gasteiger partial charge in [0, 0.05) is 48.8 Å². The first kappa shape index (κ1) is 28.6. The average molecular weight is 656 g/mol. The summed E-state index contributed by atoms with van der Waals surface area (Å²) in [6.45, 7) is 0. The van der Waals surface area contributed by atoms with Crippen LogP contribution >= 0.6 is 11.3 Å². The Balaban J connectivity index is 1.08. The highest BCUT2D eigenvalue weighted by Crippen LogP contribution is 2.42. The van der Waals surface area contributed by atoms with Gasteiger partial charge in [0.2, 0.25) is 0 Å². The lowest BCUT2D eigenvalue weighted by Gasteiger charge is -2.26. The van der Waals surface area contributed by atoms with Crippen molar-refractivity contribution in [3.05, 3.63) is 176 Å². The molecule has 0 saturated heterocycles. The third-order valence-electron chi connectivity index (χ3n) is 9.76. The van der Waals surface area contributed by atoms with Gasteiger partial charge in [-0.1, -0.05) is 103 Å². The van der Waals surface area contributed by atoms with Crippen molar-refractivity contribution in [3.8, 4) is 22.3 Å². The Labute approximate surface area is 293 Å². The van der Waals surface area contributed by atoms with Crippen LogP contribution in [0.5, 0.6) is 0 Å². The van der Waals surface area contributed by atoms with E-state index in [0.29, 0.717) is 0 Å². The third kappa shape index (κ3) is 4.97. The zero-order valence-corrected chi connectivity index (χ0v) is 27.8. The van der Waals surface area contributed by atoms with Crippen molar-refractivity contribution in [2.24, 2.45) is 0 Å². The largest absolute Gasteiger partial charge is 0.310 e. The lowest BCUT2D eigenvalue weighted by atomic mass is 10.00. The van der Waals surface area contributed by atoms with Gasteiger partial charge in [-0.25, -0.2) is 9.97 Å². The van der Waals surface area contributed by atoms with E-state index in [0.717, 1.165) is 28.0 Å². The molecule has 0 unspecified atom stereocenters. The smallest absolute Gasteiger partial charge is 0.116 e. The number of benzene rings is 8. The second kappa shape index (κ2) is 11.7. The topological polar surface area (TPSA) is 29.0 Å². The number of nitrogens with zero attached hydrogens (tertiary/aromatic N) is 3. The molecule has 0 aliphatic carbocycles. The van der Waals surface area contributed by atoms with Crippen molar-refractivity contribution in [2.75, 3.05) is 4.90 Å². The van der Waals surface area contributed by atoms with E-state index >= 15 is 0 Å². The van der Waals surface area contributed by atoms with Crippen LogP contribution in [-0.4, -0.2) is 9.97 Å². The molecule has 2 heterocycles. The van der Waals surface area contributed by atoms with E-state index in [2.05, 4.69) is 179 Å². The Hall–Kier alpha value is -6.36. The first-order valence-corrected chi connectivity index (χ1v) is 17.6. The molecule has 2 aromatic heterocycles. The van der Waals surface area contributed by atoms with E-state index in [1.165, 1.54) is 64.0 Å². The highest BCUT2D eigenvalue weighted by molar-refractivity contribution is 7.25. The highest BCUT2D eigenvalue weighted by Gasteiger charge is 2.16. The van der Waals surface area contributed by atoms with Crippen LogP contribution in [0.1, 0.15) is 0 Å². The first-order chi connectivity index (χ1) is 24.7. The van der Waals surface area contributed by atoms with Gasteiger partial charge in [0.25, 0.3) is 0 Å². The fraction of sp³-hybridized carbons (Fsp3) is 0. The summed E-state index contributed by atoms with van der Waals surface area (Å²) in [6, 6.07) is 59.6. The minimum Gasteiger partial charge on any atom is -0.310 e. The zero-order chi connectivity index (χ0) is 33.0. The normalized spacial score (nSPS) is 11.6. The van der Waals surface area contributed by atoms with Crippen molar-refractivity contribution < 1.29 is 0 Å². The van der Waals surface area contributed by atoms with Crippen LogP contribution in [0.2, 0.25) is 0 Å². The van der Waals surface area contributed by atoms with Crippen LogP contribution in [0.25, 0.3) is 74.9 Å². The van der Waals surface area contributed by atoms with Crippen molar-refractivity contribution >= 4 is 81.0 Å². The lowest BCUT2D eigenvalue weighted by molar-refractivity contribution is 1.22. The fourth-order valence-electron chi connectivity index (χ4n) is 7.17. The molecule has 10 rings (SSSR count). The summed E-state index contributed by atoms with van der Waals surface area (Å²) in [5.41, 5.74) is 9.11. The van der Waals surface area contributed by atoms with E-state index in [1.54, 1.807) is 6.33 Å². The summed E-state index contributed by atoms with van der Waals surface area (Å²) in [4.78, 5) is 11.1. The minimum atomic E-state index is 0.968. The molecule has 4 heteroatoms. The molecule has 0 aliphatic rings. The molecule has 0 spiro atoms. The van der Waals surface area contributed by atoms with Gasteiger partial charge in [0.1, 0.15) is 6.33 Å². The molecular weight excluding hydrogens is 627 g/mol. The number of fused-ring (bicyclic) bond motifs is 6. The molecule has 0 saturated carbocycles. The Bertz CT molecular complexity index is 2750. The molecule has 0 bridgehead atoms. The maximum atomic E-state index is 4.52. The fourth-order valence-corrected chi connectivity index (χ4v) is 8.34. The van der Waals surface area contributed by atoms with Gasteiger partial charge in [-0.2, -0.15) is 0 Å². The third-order valence-corrected chi connectivity index (χ3v) is 10.9. The second-order valence-electron chi connectivity index (χ2n) is 12.8. The maximum absolute atomic E-state index is 4.52. The van der Waals surface area contributed by atoms with Gasteiger partial charge < -0.3 is 4.90 Å². The molecule has 0 fully saturated rings. The number of hydrogen-bond acceptors (Lipinski definition) is 4. The molecule has 0 N–H and O–H groups in total. The summed E-state index contributed by atoms with van der Waals surface area (Å²) in [5.74, 6) is 0. The average Bonchev–Trinajstić information content (AvgIpc) is 3.53. The van der Waals surface area contributed by atoms with Crippen molar-refractivity contribution in [1.82, 2.24) is 9.97 Å².